The number of amides is 1. The van der Waals surface area contributed by atoms with E-state index in [-0.39, 0.29) is 18.6 Å². The van der Waals surface area contributed by atoms with Crippen molar-refractivity contribution in [2.24, 2.45) is 7.05 Å². The van der Waals surface area contributed by atoms with E-state index in [9.17, 15) is 9.59 Å². The number of halogens is 1. The summed E-state index contributed by atoms with van der Waals surface area (Å²) in [5.41, 5.74) is 2.36. The summed E-state index contributed by atoms with van der Waals surface area (Å²) in [6.45, 7) is 3.39. The molecule has 0 N–H and O–H groups in total. The molecule has 1 atom stereocenters. The molecular weight excluding hydrogens is 354 g/mol. The van der Waals surface area contributed by atoms with Gasteiger partial charge in [-0.2, -0.15) is 5.10 Å². The fraction of sp³-hybridized carbons (Fsp3) is 0.316. The molecule has 0 aliphatic rings. The largest absolute Gasteiger partial charge is 0.452 e. The van der Waals surface area contributed by atoms with Gasteiger partial charge in [0.25, 0.3) is 5.91 Å². The molecule has 0 saturated heterocycles. The van der Waals surface area contributed by atoms with Crippen LogP contribution in [-0.2, 0) is 21.4 Å². The Bertz CT molecular complexity index is 815. The standard InChI is InChI=1S/C19H22ClN3O3/c1-13-16(19(20)23(4)21-13)10-11-18(25)26-12-17(24)22(3)14(2)15-8-6-5-7-9-15/h5-11,14H,12H2,1-4H3. The van der Waals surface area contributed by atoms with E-state index in [1.54, 1.807) is 25.9 Å². The van der Waals surface area contributed by atoms with Crippen molar-refractivity contribution < 1.29 is 14.3 Å². The van der Waals surface area contributed by atoms with E-state index in [1.807, 2.05) is 37.3 Å². The molecule has 7 heteroatoms. The Kier molecular flexibility index (Phi) is 6.58. The Morgan fingerprint density at radius 1 is 1.35 bits per heavy atom. The number of rotatable bonds is 6. The summed E-state index contributed by atoms with van der Waals surface area (Å²) < 4.78 is 6.55. The molecule has 1 aromatic heterocycles. The van der Waals surface area contributed by atoms with Crippen molar-refractivity contribution in [3.8, 4) is 0 Å². The van der Waals surface area contributed by atoms with Crippen LogP contribution in [0.4, 0.5) is 0 Å². The number of aromatic nitrogens is 2. The minimum absolute atomic E-state index is 0.116. The second-order valence-corrected chi connectivity index (χ2v) is 6.30. The molecule has 26 heavy (non-hydrogen) atoms. The topological polar surface area (TPSA) is 64.4 Å². The van der Waals surface area contributed by atoms with Crippen molar-refractivity contribution in [2.75, 3.05) is 13.7 Å². The summed E-state index contributed by atoms with van der Waals surface area (Å²) in [6.07, 6.45) is 2.78. The van der Waals surface area contributed by atoms with Crippen LogP contribution in [0.1, 0.15) is 29.8 Å². The number of carbonyl (C=O) groups excluding carboxylic acids is 2. The number of hydrogen-bond acceptors (Lipinski definition) is 4. The number of nitrogens with zero attached hydrogens (tertiary/aromatic N) is 3. The molecule has 0 radical (unpaired) electrons. The van der Waals surface area contributed by atoms with E-state index < -0.39 is 5.97 Å². The molecule has 0 aliphatic carbocycles. The summed E-state index contributed by atoms with van der Waals surface area (Å²) in [5.74, 6) is -0.892. The predicted octanol–water partition coefficient (Wildman–Crippen LogP) is 3.16. The zero-order chi connectivity index (χ0) is 19.3. The van der Waals surface area contributed by atoms with Crippen molar-refractivity contribution in [3.05, 3.63) is 58.4 Å². The number of benzene rings is 1. The lowest BCUT2D eigenvalue weighted by Gasteiger charge is -2.25. The minimum Gasteiger partial charge on any atom is -0.452 e. The van der Waals surface area contributed by atoms with Gasteiger partial charge in [-0.05, 0) is 25.5 Å². The van der Waals surface area contributed by atoms with Crippen molar-refractivity contribution >= 4 is 29.6 Å². The summed E-state index contributed by atoms with van der Waals surface area (Å²) in [5, 5.41) is 4.58. The molecule has 0 aliphatic heterocycles. The SMILES string of the molecule is Cc1nn(C)c(Cl)c1C=CC(=O)OCC(=O)N(C)C(C)c1ccccc1. The lowest BCUT2D eigenvalue weighted by molar-refractivity contribution is -0.148. The second-order valence-electron chi connectivity index (χ2n) is 5.95. The highest BCUT2D eigenvalue weighted by molar-refractivity contribution is 6.31. The van der Waals surface area contributed by atoms with Crippen molar-refractivity contribution in [1.29, 1.82) is 0 Å². The van der Waals surface area contributed by atoms with Gasteiger partial charge in [-0.15, -0.1) is 0 Å². The van der Waals surface area contributed by atoms with E-state index in [0.717, 1.165) is 5.56 Å². The highest BCUT2D eigenvalue weighted by Crippen LogP contribution is 2.20. The molecule has 138 valence electrons. The molecular formula is C19H22ClN3O3. The van der Waals surface area contributed by atoms with Crippen LogP contribution in [0.2, 0.25) is 5.15 Å². The zero-order valence-corrected chi connectivity index (χ0v) is 16.0. The van der Waals surface area contributed by atoms with Crippen LogP contribution in [0, 0.1) is 6.92 Å². The lowest BCUT2D eigenvalue weighted by atomic mass is 10.1. The first kappa shape index (κ1) is 19.7. The van der Waals surface area contributed by atoms with E-state index in [0.29, 0.717) is 16.4 Å². The average molecular weight is 376 g/mol. The molecule has 1 amide bonds. The van der Waals surface area contributed by atoms with Crippen LogP contribution in [0.25, 0.3) is 6.08 Å². The first-order valence-corrected chi connectivity index (χ1v) is 8.53. The normalized spacial score (nSPS) is 12.2. The molecule has 1 unspecified atom stereocenters. The number of aryl methyl sites for hydroxylation is 2. The van der Waals surface area contributed by atoms with Gasteiger partial charge in [-0.3, -0.25) is 9.48 Å². The van der Waals surface area contributed by atoms with Crippen LogP contribution >= 0.6 is 11.6 Å². The Morgan fingerprint density at radius 3 is 2.58 bits per heavy atom. The lowest BCUT2D eigenvalue weighted by Crippen LogP contribution is -2.33. The first-order chi connectivity index (χ1) is 12.3. The predicted molar refractivity (Wildman–Crippen MR) is 101 cm³/mol. The van der Waals surface area contributed by atoms with Gasteiger partial charge in [0.05, 0.1) is 11.7 Å². The van der Waals surface area contributed by atoms with Gasteiger partial charge in [0.2, 0.25) is 0 Å². The van der Waals surface area contributed by atoms with E-state index >= 15 is 0 Å². The van der Waals surface area contributed by atoms with Gasteiger partial charge >= 0.3 is 5.97 Å². The van der Waals surface area contributed by atoms with Crippen molar-refractivity contribution in [3.63, 3.8) is 0 Å². The quantitative estimate of drug-likeness (QED) is 0.574. The van der Waals surface area contributed by atoms with Gasteiger partial charge in [0.15, 0.2) is 6.61 Å². The molecule has 2 aromatic rings. The Labute approximate surface area is 158 Å². The van der Waals surface area contributed by atoms with Crippen molar-refractivity contribution in [1.82, 2.24) is 14.7 Å². The van der Waals surface area contributed by atoms with Gasteiger partial charge in [0, 0.05) is 25.7 Å². The Balaban J connectivity index is 1.90. The Morgan fingerprint density at radius 2 is 2.00 bits per heavy atom. The third-order valence-electron chi connectivity index (χ3n) is 4.18. The van der Waals surface area contributed by atoms with E-state index in [1.165, 1.54) is 16.8 Å². The summed E-state index contributed by atoms with van der Waals surface area (Å²) in [4.78, 5) is 25.7. The number of carbonyl (C=O) groups is 2. The maximum atomic E-state index is 12.2. The molecule has 6 nitrogen and oxygen atoms in total. The summed E-state index contributed by atoms with van der Waals surface area (Å²) in [7, 11) is 3.40. The molecule has 0 spiro atoms. The summed E-state index contributed by atoms with van der Waals surface area (Å²) >= 11 is 6.10. The average Bonchev–Trinajstić information content (AvgIpc) is 2.89. The van der Waals surface area contributed by atoms with Gasteiger partial charge in [-0.1, -0.05) is 41.9 Å². The Hall–Kier alpha value is -2.60. The van der Waals surface area contributed by atoms with Crippen LogP contribution < -0.4 is 0 Å². The van der Waals surface area contributed by atoms with Crippen LogP contribution in [0.5, 0.6) is 0 Å². The smallest absolute Gasteiger partial charge is 0.331 e. The highest BCUT2D eigenvalue weighted by Gasteiger charge is 2.18. The third-order valence-corrected chi connectivity index (χ3v) is 4.62. The minimum atomic E-state index is -0.613. The monoisotopic (exact) mass is 375 g/mol. The molecule has 0 saturated carbocycles. The summed E-state index contributed by atoms with van der Waals surface area (Å²) in [6, 6.07) is 9.53. The van der Waals surface area contributed by atoms with Gasteiger partial charge in [0.1, 0.15) is 5.15 Å². The highest BCUT2D eigenvalue weighted by atomic mass is 35.5. The molecule has 0 fully saturated rings. The van der Waals surface area contributed by atoms with Crippen LogP contribution in [0.15, 0.2) is 36.4 Å². The molecule has 1 aromatic carbocycles. The number of hydrogen-bond donors (Lipinski definition) is 0. The molecule has 2 rings (SSSR count). The van der Waals surface area contributed by atoms with E-state index in [4.69, 9.17) is 16.3 Å². The van der Waals surface area contributed by atoms with Gasteiger partial charge < -0.3 is 9.64 Å². The fourth-order valence-corrected chi connectivity index (χ4v) is 2.68. The second kappa shape index (κ2) is 8.67. The van der Waals surface area contributed by atoms with Crippen LogP contribution in [-0.4, -0.2) is 40.2 Å². The van der Waals surface area contributed by atoms with Crippen molar-refractivity contribution in [2.45, 2.75) is 19.9 Å². The fourth-order valence-electron chi connectivity index (χ4n) is 2.44. The van der Waals surface area contributed by atoms with Crippen LogP contribution in [0.3, 0.4) is 0 Å². The zero-order valence-electron chi connectivity index (χ0n) is 15.3. The maximum Gasteiger partial charge on any atom is 0.331 e. The maximum absolute atomic E-state index is 12.2. The van der Waals surface area contributed by atoms with Gasteiger partial charge in [-0.25, -0.2) is 4.79 Å². The number of likely N-dealkylation sites (N-methyl/N-ethyl adjacent to an activating group) is 1. The molecule has 0 bridgehead atoms. The number of esters is 1. The van der Waals surface area contributed by atoms with E-state index in [2.05, 4.69) is 5.10 Å². The first-order valence-electron chi connectivity index (χ1n) is 8.15. The molecule has 1 heterocycles. The third kappa shape index (κ3) is 4.73. The number of ether oxygens (including phenoxy) is 1.